The summed E-state index contributed by atoms with van der Waals surface area (Å²) in [5.41, 5.74) is 2.93. The van der Waals surface area contributed by atoms with Gasteiger partial charge in [0.1, 0.15) is 5.75 Å². The number of carbonyl (C=O) groups is 1. The standard InChI is InChI=1S/C17H18O2/c1-13-7-3-5-9-15(13)16(18)12-11-14-8-4-6-10-17(14)19-2/h3-10H,11-12H2,1-2H3. The first kappa shape index (κ1) is 13.3. The lowest BCUT2D eigenvalue weighted by Gasteiger charge is -2.08. The highest BCUT2D eigenvalue weighted by molar-refractivity contribution is 5.97. The van der Waals surface area contributed by atoms with E-state index in [1.165, 1.54) is 0 Å². The predicted octanol–water partition coefficient (Wildman–Crippen LogP) is 3.82. The Bertz CT molecular complexity index is 573. The van der Waals surface area contributed by atoms with Crippen LogP contribution in [0.4, 0.5) is 0 Å². The largest absolute Gasteiger partial charge is 0.496 e. The molecule has 2 aromatic carbocycles. The minimum absolute atomic E-state index is 0.184. The molecule has 0 saturated heterocycles. The molecule has 2 aromatic rings. The molecule has 0 N–H and O–H groups in total. The highest BCUT2D eigenvalue weighted by Gasteiger charge is 2.10. The number of hydrogen-bond donors (Lipinski definition) is 0. The van der Waals surface area contributed by atoms with Crippen molar-refractivity contribution in [1.29, 1.82) is 0 Å². The van der Waals surface area contributed by atoms with E-state index in [-0.39, 0.29) is 5.78 Å². The van der Waals surface area contributed by atoms with Gasteiger partial charge in [-0.15, -0.1) is 0 Å². The first-order valence-electron chi connectivity index (χ1n) is 6.43. The second kappa shape index (κ2) is 6.19. The quantitative estimate of drug-likeness (QED) is 0.758. The van der Waals surface area contributed by atoms with E-state index in [0.717, 1.165) is 22.4 Å². The molecule has 0 radical (unpaired) electrons. The van der Waals surface area contributed by atoms with Crippen LogP contribution in [0.1, 0.15) is 27.9 Å². The summed E-state index contributed by atoms with van der Waals surface area (Å²) >= 11 is 0. The second-order valence-electron chi connectivity index (χ2n) is 4.55. The molecule has 0 atom stereocenters. The van der Waals surface area contributed by atoms with Crippen molar-refractivity contribution in [1.82, 2.24) is 0 Å². The first-order valence-corrected chi connectivity index (χ1v) is 6.43. The smallest absolute Gasteiger partial charge is 0.163 e. The van der Waals surface area contributed by atoms with Crippen molar-refractivity contribution in [3.05, 3.63) is 65.2 Å². The van der Waals surface area contributed by atoms with Gasteiger partial charge in [-0.1, -0.05) is 42.5 Å². The van der Waals surface area contributed by atoms with Crippen molar-refractivity contribution in [2.45, 2.75) is 19.8 Å². The molecule has 0 fully saturated rings. The monoisotopic (exact) mass is 254 g/mol. The number of ether oxygens (including phenoxy) is 1. The molecule has 0 saturated carbocycles. The van der Waals surface area contributed by atoms with Crippen molar-refractivity contribution in [2.24, 2.45) is 0 Å². The van der Waals surface area contributed by atoms with Gasteiger partial charge in [0, 0.05) is 12.0 Å². The van der Waals surface area contributed by atoms with Gasteiger partial charge in [0.15, 0.2) is 5.78 Å². The van der Waals surface area contributed by atoms with Crippen molar-refractivity contribution in [3.63, 3.8) is 0 Å². The maximum atomic E-state index is 12.2. The van der Waals surface area contributed by atoms with Crippen LogP contribution in [0.2, 0.25) is 0 Å². The van der Waals surface area contributed by atoms with E-state index >= 15 is 0 Å². The zero-order chi connectivity index (χ0) is 13.7. The van der Waals surface area contributed by atoms with Crippen LogP contribution in [-0.4, -0.2) is 12.9 Å². The van der Waals surface area contributed by atoms with Gasteiger partial charge in [-0.2, -0.15) is 0 Å². The molecule has 19 heavy (non-hydrogen) atoms. The Morgan fingerprint density at radius 1 is 1.05 bits per heavy atom. The zero-order valence-electron chi connectivity index (χ0n) is 11.3. The lowest BCUT2D eigenvalue weighted by molar-refractivity contribution is 0.0982. The zero-order valence-corrected chi connectivity index (χ0v) is 11.3. The fourth-order valence-corrected chi connectivity index (χ4v) is 2.18. The predicted molar refractivity (Wildman–Crippen MR) is 76.8 cm³/mol. The van der Waals surface area contributed by atoms with Crippen molar-refractivity contribution in [2.75, 3.05) is 7.11 Å². The molecule has 0 bridgehead atoms. The van der Waals surface area contributed by atoms with E-state index in [4.69, 9.17) is 4.74 Å². The minimum atomic E-state index is 0.184. The molecule has 0 aliphatic heterocycles. The van der Waals surface area contributed by atoms with Crippen molar-refractivity contribution in [3.8, 4) is 5.75 Å². The number of rotatable bonds is 5. The summed E-state index contributed by atoms with van der Waals surface area (Å²) in [6.45, 7) is 1.97. The highest BCUT2D eigenvalue weighted by atomic mass is 16.5. The summed E-state index contributed by atoms with van der Waals surface area (Å²) in [7, 11) is 1.65. The molecular weight excluding hydrogens is 236 g/mol. The molecule has 2 rings (SSSR count). The van der Waals surface area contributed by atoms with Gasteiger partial charge < -0.3 is 4.74 Å². The van der Waals surface area contributed by atoms with E-state index < -0.39 is 0 Å². The molecular formula is C17H18O2. The van der Waals surface area contributed by atoms with Crippen LogP contribution >= 0.6 is 0 Å². The molecule has 0 amide bonds. The SMILES string of the molecule is COc1ccccc1CCC(=O)c1ccccc1C. The number of para-hydroxylation sites is 1. The van der Waals surface area contributed by atoms with Gasteiger partial charge in [0.05, 0.1) is 7.11 Å². The van der Waals surface area contributed by atoms with Crippen molar-refractivity contribution >= 4 is 5.78 Å². The Balaban J connectivity index is 2.07. The number of aryl methyl sites for hydroxylation is 2. The Hall–Kier alpha value is -2.09. The van der Waals surface area contributed by atoms with Gasteiger partial charge >= 0.3 is 0 Å². The highest BCUT2D eigenvalue weighted by Crippen LogP contribution is 2.20. The maximum Gasteiger partial charge on any atom is 0.163 e. The van der Waals surface area contributed by atoms with Crippen molar-refractivity contribution < 1.29 is 9.53 Å². The van der Waals surface area contributed by atoms with E-state index in [9.17, 15) is 4.79 Å². The van der Waals surface area contributed by atoms with Gasteiger partial charge in [-0.3, -0.25) is 4.79 Å². The Kier molecular flexibility index (Phi) is 4.35. The third-order valence-electron chi connectivity index (χ3n) is 3.26. The second-order valence-corrected chi connectivity index (χ2v) is 4.55. The topological polar surface area (TPSA) is 26.3 Å². The van der Waals surface area contributed by atoms with E-state index in [1.54, 1.807) is 7.11 Å². The molecule has 0 heterocycles. The first-order chi connectivity index (χ1) is 9.22. The molecule has 98 valence electrons. The van der Waals surface area contributed by atoms with Gasteiger partial charge in [0.2, 0.25) is 0 Å². The Labute approximate surface area is 114 Å². The molecule has 2 heteroatoms. The Morgan fingerprint density at radius 3 is 2.47 bits per heavy atom. The van der Waals surface area contributed by atoms with Crippen LogP contribution in [0.25, 0.3) is 0 Å². The normalized spacial score (nSPS) is 10.2. The summed E-state index contributed by atoms with van der Waals surface area (Å²) in [4.78, 5) is 12.2. The number of ketones is 1. The summed E-state index contributed by atoms with van der Waals surface area (Å²) in [5, 5.41) is 0. The average molecular weight is 254 g/mol. The summed E-state index contributed by atoms with van der Waals surface area (Å²) < 4.78 is 5.30. The number of methoxy groups -OCH3 is 1. The van der Waals surface area contributed by atoms with Crippen LogP contribution in [0.3, 0.4) is 0 Å². The van der Waals surface area contributed by atoms with E-state index in [1.807, 2.05) is 55.5 Å². The lowest BCUT2D eigenvalue weighted by atomic mass is 9.99. The summed E-state index contributed by atoms with van der Waals surface area (Å²) in [5.74, 6) is 1.03. The fourth-order valence-electron chi connectivity index (χ4n) is 2.18. The van der Waals surface area contributed by atoms with Crippen LogP contribution in [-0.2, 0) is 6.42 Å². The maximum absolute atomic E-state index is 12.2. The molecule has 0 spiro atoms. The van der Waals surface area contributed by atoms with Gasteiger partial charge in [-0.25, -0.2) is 0 Å². The average Bonchev–Trinajstić information content (AvgIpc) is 2.45. The van der Waals surface area contributed by atoms with Gasteiger partial charge in [-0.05, 0) is 30.5 Å². The summed E-state index contributed by atoms with van der Waals surface area (Å²) in [6, 6.07) is 15.5. The molecule has 0 aliphatic rings. The number of carbonyl (C=O) groups excluding carboxylic acids is 1. The van der Waals surface area contributed by atoms with E-state index in [0.29, 0.717) is 12.8 Å². The van der Waals surface area contributed by atoms with Crippen LogP contribution in [0.5, 0.6) is 5.75 Å². The number of hydrogen-bond acceptors (Lipinski definition) is 2. The fraction of sp³-hybridized carbons (Fsp3) is 0.235. The van der Waals surface area contributed by atoms with E-state index in [2.05, 4.69) is 0 Å². The molecule has 0 aromatic heterocycles. The molecule has 0 aliphatic carbocycles. The van der Waals surface area contributed by atoms with Gasteiger partial charge in [0.25, 0.3) is 0 Å². The third-order valence-corrected chi connectivity index (χ3v) is 3.26. The third kappa shape index (κ3) is 3.22. The molecule has 0 unspecified atom stereocenters. The molecule has 2 nitrogen and oxygen atoms in total. The lowest BCUT2D eigenvalue weighted by Crippen LogP contribution is -2.04. The van der Waals surface area contributed by atoms with Crippen LogP contribution in [0.15, 0.2) is 48.5 Å². The Morgan fingerprint density at radius 2 is 1.74 bits per heavy atom. The van der Waals surface area contributed by atoms with Crippen LogP contribution in [0, 0.1) is 6.92 Å². The minimum Gasteiger partial charge on any atom is -0.496 e. The summed E-state index contributed by atoms with van der Waals surface area (Å²) in [6.07, 6.45) is 1.21. The number of benzene rings is 2. The van der Waals surface area contributed by atoms with Crippen LogP contribution < -0.4 is 4.74 Å². The number of Topliss-reactive ketones (excluding diaryl/α,β-unsaturated/α-hetero) is 1.